The van der Waals surface area contributed by atoms with Crippen LogP contribution in [0.15, 0.2) is 60.7 Å². The van der Waals surface area contributed by atoms with Crippen molar-refractivity contribution in [3.63, 3.8) is 0 Å². The number of carbonyl (C=O) groups is 3. The van der Waals surface area contributed by atoms with Gasteiger partial charge in [-0.25, -0.2) is 4.98 Å². The molecule has 40 heavy (non-hydrogen) atoms. The minimum atomic E-state index is -0.786. The highest BCUT2D eigenvalue weighted by atomic mass is 32.1. The first-order valence-corrected chi connectivity index (χ1v) is 14.6. The van der Waals surface area contributed by atoms with Crippen LogP contribution in [0.2, 0.25) is 0 Å². The van der Waals surface area contributed by atoms with Gasteiger partial charge in [0.1, 0.15) is 6.04 Å². The number of carbonyl (C=O) groups excluding carboxylic acids is 3. The number of aromatic nitrogens is 1. The third-order valence-electron chi connectivity index (χ3n) is 6.41. The van der Waals surface area contributed by atoms with Crippen LogP contribution in [0.1, 0.15) is 49.2 Å². The Morgan fingerprint density at radius 3 is 2.45 bits per heavy atom. The number of likely N-dealkylation sites (N-methyl/N-ethyl adjacent to an activating group) is 1. The zero-order valence-corrected chi connectivity index (χ0v) is 24.9. The molecule has 0 aliphatic rings. The summed E-state index contributed by atoms with van der Waals surface area (Å²) in [6.45, 7) is 6.96. The van der Waals surface area contributed by atoms with E-state index in [2.05, 4.69) is 41.9 Å². The predicted octanol–water partition coefficient (Wildman–Crippen LogP) is 3.82. The number of fused-ring (bicyclic) bond motifs is 1. The molecule has 0 spiro atoms. The lowest BCUT2D eigenvalue weighted by molar-refractivity contribution is -0.129. The van der Waals surface area contributed by atoms with Gasteiger partial charge < -0.3 is 20.9 Å². The zero-order valence-electron chi connectivity index (χ0n) is 24.1. The van der Waals surface area contributed by atoms with Crippen LogP contribution < -0.4 is 16.0 Å². The molecule has 2 aromatic carbocycles. The van der Waals surface area contributed by atoms with Crippen LogP contribution in [0.5, 0.6) is 0 Å². The number of thiazole rings is 1. The van der Waals surface area contributed by atoms with Gasteiger partial charge in [-0.05, 0) is 49.7 Å². The summed E-state index contributed by atoms with van der Waals surface area (Å²) in [5, 5.41) is 9.63. The molecule has 0 fully saturated rings. The van der Waals surface area contributed by atoms with Gasteiger partial charge in [-0.3, -0.25) is 14.4 Å². The molecule has 8 nitrogen and oxygen atoms in total. The normalized spacial score (nSPS) is 13.1. The van der Waals surface area contributed by atoms with Gasteiger partial charge in [0.05, 0.1) is 21.3 Å². The lowest BCUT2D eigenvalue weighted by atomic mass is 10.0. The Morgan fingerprint density at radius 1 is 1.02 bits per heavy atom. The van der Waals surface area contributed by atoms with Crippen LogP contribution in [-0.2, 0) is 27.2 Å². The van der Waals surface area contributed by atoms with E-state index < -0.39 is 6.04 Å². The van der Waals surface area contributed by atoms with Crippen LogP contribution in [0.4, 0.5) is 0 Å². The summed E-state index contributed by atoms with van der Waals surface area (Å²) in [5.74, 6) is -0.326. The molecule has 9 heteroatoms. The van der Waals surface area contributed by atoms with Crippen LogP contribution in [0.25, 0.3) is 10.2 Å². The molecule has 0 radical (unpaired) electrons. The average Bonchev–Trinajstić information content (AvgIpc) is 3.33. The molecular weight excluding hydrogens is 522 g/mol. The third kappa shape index (κ3) is 9.88. The second kappa shape index (κ2) is 15.3. The molecule has 2 unspecified atom stereocenters. The summed E-state index contributed by atoms with van der Waals surface area (Å²) in [6, 6.07) is 14.9. The van der Waals surface area contributed by atoms with Gasteiger partial charge in [-0.15, -0.1) is 11.3 Å². The van der Waals surface area contributed by atoms with Crippen molar-refractivity contribution < 1.29 is 14.4 Å². The number of nitrogens with one attached hydrogen (secondary N) is 3. The lowest BCUT2D eigenvalue weighted by Crippen LogP contribution is -2.53. The maximum absolute atomic E-state index is 13.6. The Labute approximate surface area is 241 Å². The van der Waals surface area contributed by atoms with E-state index in [-0.39, 0.29) is 43.1 Å². The Hall–Kier alpha value is -3.56. The molecule has 1 heterocycles. The standard InChI is InChI=1S/C31H41N5O3S/c1-6-28(37)34-26(19-30-35-25-15-14-23(21(2)3)18-27(25)40-30)31(39)33-24(17-22-11-8-7-9-12-22)20-32-29(38)13-10-16-36(4)5/h7-15,18,21,24,26H,6,16-17,19-20H2,1-5H3,(H,32,38)(H,33,39)(H,34,37)/b13-10+. The van der Waals surface area contributed by atoms with Crippen LogP contribution >= 0.6 is 11.3 Å². The largest absolute Gasteiger partial charge is 0.350 e. The fourth-order valence-electron chi connectivity index (χ4n) is 4.14. The highest BCUT2D eigenvalue weighted by Crippen LogP contribution is 2.27. The highest BCUT2D eigenvalue weighted by molar-refractivity contribution is 7.18. The second-order valence-electron chi connectivity index (χ2n) is 10.5. The maximum atomic E-state index is 13.6. The van der Waals surface area contributed by atoms with Crippen molar-refractivity contribution in [1.29, 1.82) is 0 Å². The molecule has 0 aliphatic heterocycles. The smallest absolute Gasteiger partial charge is 0.243 e. The minimum Gasteiger partial charge on any atom is -0.350 e. The van der Waals surface area contributed by atoms with E-state index in [9.17, 15) is 14.4 Å². The summed E-state index contributed by atoms with van der Waals surface area (Å²) in [5.41, 5.74) is 3.16. The SMILES string of the molecule is CCC(=O)NC(Cc1nc2ccc(C(C)C)cc2s1)C(=O)NC(CNC(=O)/C=C/CN(C)C)Cc1ccccc1. The number of benzene rings is 2. The summed E-state index contributed by atoms with van der Waals surface area (Å²) >= 11 is 1.54. The van der Waals surface area contributed by atoms with Crippen molar-refractivity contribution in [2.45, 2.75) is 58.0 Å². The monoisotopic (exact) mass is 563 g/mol. The molecule has 214 valence electrons. The van der Waals surface area contributed by atoms with Gasteiger partial charge in [0.15, 0.2) is 0 Å². The number of rotatable bonds is 14. The first-order chi connectivity index (χ1) is 19.1. The molecule has 3 aromatic rings. The maximum Gasteiger partial charge on any atom is 0.243 e. The molecule has 3 rings (SSSR count). The van der Waals surface area contributed by atoms with E-state index in [0.29, 0.717) is 18.9 Å². The lowest BCUT2D eigenvalue weighted by Gasteiger charge is -2.23. The van der Waals surface area contributed by atoms with Crippen molar-refractivity contribution >= 4 is 39.3 Å². The van der Waals surface area contributed by atoms with Crippen LogP contribution in [-0.4, -0.2) is 66.9 Å². The van der Waals surface area contributed by atoms with Gasteiger partial charge in [-0.2, -0.15) is 0 Å². The van der Waals surface area contributed by atoms with Crippen LogP contribution in [0.3, 0.4) is 0 Å². The zero-order chi connectivity index (χ0) is 29.1. The minimum absolute atomic E-state index is 0.206. The quantitative estimate of drug-likeness (QED) is 0.259. The molecule has 0 bridgehead atoms. The van der Waals surface area contributed by atoms with E-state index in [1.54, 1.807) is 24.3 Å². The van der Waals surface area contributed by atoms with Gasteiger partial charge in [0.25, 0.3) is 0 Å². The Bertz CT molecular complexity index is 1300. The molecule has 0 aliphatic carbocycles. The molecule has 3 N–H and O–H groups in total. The van der Waals surface area contributed by atoms with Crippen molar-refractivity contribution in [2.24, 2.45) is 0 Å². The first-order valence-electron chi connectivity index (χ1n) is 13.8. The molecular formula is C31H41N5O3S. The van der Waals surface area contributed by atoms with E-state index in [4.69, 9.17) is 4.98 Å². The van der Waals surface area contributed by atoms with Crippen molar-refractivity contribution in [2.75, 3.05) is 27.2 Å². The number of hydrogen-bond acceptors (Lipinski definition) is 6. The molecule has 3 amide bonds. The van der Waals surface area contributed by atoms with Gasteiger partial charge >= 0.3 is 0 Å². The fraction of sp³-hybridized carbons (Fsp3) is 0.419. The Balaban J connectivity index is 1.76. The first kappa shape index (κ1) is 31.0. The topological polar surface area (TPSA) is 103 Å². The summed E-state index contributed by atoms with van der Waals surface area (Å²) in [4.78, 5) is 45.0. The van der Waals surface area contributed by atoms with Gasteiger partial charge in [0, 0.05) is 32.0 Å². The number of hydrogen-bond donors (Lipinski definition) is 3. The predicted molar refractivity (Wildman–Crippen MR) is 162 cm³/mol. The molecule has 0 saturated carbocycles. The van der Waals surface area contributed by atoms with E-state index in [1.807, 2.05) is 55.4 Å². The highest BCUT2D eigenvalue weighted by Gasteiger charge is 2.25. The molecule has 2 atom stereocenters. The van der Waals surface area contributed by atoms with Crippen LogP contribution in [0, 0.1) is 0 Å². The van der Waals surface area contributed by atoms with E-state index in [1.165, 1.54) is 11.6 Å². The van der Waals surface area contributed by atoms with Gasteiger partial charge in [0.2, 0.25) is 17.7 Å². The Kier molecular flexibility index (Phi) is 11.8. The summed E-state index contributed by atoms with van der Waals surface area (Å²) < 4.78 is 1.06. The number of nitrogens with zero attached hydrogens (tertiary/aromatic N) is 2. The second-order valence-corrected chi connectivity index (χ2v) is 11.6. The van der Waals surface area contributed by atoms with E-state index in [0.717, 1.165) is 20.8 Å². The third-order valence-corrected chi connectivity index (χ3v) is 7.45. The van der Waals surface area contributed by atoms with E-state index >= 15 is 0 Å². The summed E-state index contributed by atoms with van der Waals surface area (Å²) in [7, 11) is 3.86. The summed E-state index contributed by atoms with van der Waals surface area (Å²) in [6.07, 6.45) is 4.37. The van der Waals surface area contributed by atoms with Gasteiger partial charge in [-0.1, -0.05) is 63.2 Å². The average molecular weight is 564 g/mol. The van der Waals surface area contributed by atoms with Crippen molar-refractivity contribution in [1.82, 2.24) is 25.8 Å². The van der Waals surface area contributed by atoms with Crippen molar-refractivity contribution in [3.8, 4) is 0 Å². The molecule has 1 aromatic heterocycles. The molecule has 0 saturated heterocycles. The Morgan fingerprint density at radius 2 is 1.77 bits per heavy atom. The fourth-order valence-corrected chi connectivity index (χ4v) is 5.20. The number of amides is 3. The van der Waals surface area contributed by atoms with Crippen molar-refractivity contribution in [3.05, 3.63) is 76.8 Å².